The Bertz CT molecular complexity index is 589. The lowest BCUT2D eigenvalue weighted by Gasteiger charge is -2.34. The van der Waals surface area contributed by atoms with Gasteiger partial charge in [0.15, 0.2) is 0 Å². The van der Waals surface area contributed by atoms with Crippen LogP contribution in [0.15, 0.2) is 30.3 Å². The molecular weight excluding hydrogens is 328 g/mol. The minimum absolute atomic E-state index is 0.0470. The van der Waals surface area contributed by atoms with E-state index in [0.29, 0.717) is 0 Å². The number of methoxy groups -OCH3 is 1. The van der Waals surface area contributed by atoms with Gasteiger partial charge < -0.3 is 10.1 Å². The lowest BCUT2D eigenvalue weighted by Crippen LogP contribution is -2.55. The van der Waals surface area contributed by atoms with Crippen LogP contribution in [0.5, 0.6) is 0 Å². The van der Waals surface area contributed by atoms with Crippen LogP contribution in [0.25, 0.3) is 0 Å². The molecule has 0 saturated heterocycles. The van der Waals surface area contributed by atoms with E-state index in [1.54, 1.807) is 0 Å². The van der Waals surface area contributed by atoms with E-state index in [1.165, 1.54) is 13.5 Å². The number of carbonyl (C=O) groups excluding carboxylic acids is 2. The van der Waals surface area contributed by atoms with Crippen LogP contribution in [0.2, 0.25) is 0 Å². The van der Waals surface area contributed by atoms with Crippen molar-refractivity contribution in [3.63, 3.8) is 0 Å². The molecular formula is C21H32N2O3. The summed E-state index contributed by atoms with van der Waals surface area (Å²) < 4.78 is 5.00. The van der Waals surface area contributed by atoms with Gasteiger partial charge in [0.05, 0.1) is 13.2 Å². The molecule has 1 fully saturated rings. The van der Waals surface area contributed by atoms with Gasteiger partial charge in [0.2, 0.25) is 5.91 Å². The topological polar surface area (TPSA) is 67.4 Å². The Morgan fingerprint density at radius 3 is 2.23 bits per heavy atom. The minimum atomic E-state index is -0.654. The Balaban J connectivity index is 2.26. The average molecular weight is 360 g/mol. The molecule has 0 bridgehead atoms. The van der Waals surface area contributed by atoms with Gasteiger partial charge in [-0.25, -0.2) is 4.79 Å². The maximum Gasteiger partial charge on any atom is 0.327 e. The number of amides is 1. The Morgan fingerprint density at radius 2 is 1.69 bits per heavy atom. The summed E-state index contributed by atoms with van der Waals surface area (Å²) in [5.74, 6) is -0.197. The number of nitrogens with one attached hydrogen (secondary N) is 2. The van der Waals surface area contributed by atoms with Gasteiger partial charge in [-0.2, -0.15) is 0 Å². The lowest BCUT2D eigenvalue weighted by atomic mass is 9.82. The number of ether oxygens (including phenoxy) is 1. The van der Waals surface area contributed by atoms with Crippen LogP contribution in [0.1, 0.15) is 64.5 Å². The van der Waals surface area contributed by atoms with Gasteiger partial charge in [-0.05, 0) is 45.1 Å². The van der Waals surface area contributed by atoms with Crippen LogP contribution in [0, 0.1) is 5.92 Å². The van der Waals surface area contributed by atoms with Crippen LogP contribution >= 0.6 is 0 Å². The smallest absolute Gasteiger partial charge is 0.327 e. The van der Waals surface area contributed by atoms with Gasteiger partial charge in [-0.1, -0.05) is 49.6 Å². The molecule has 26 heavy (non-hydrogen) atoms. The molecule has 5 nitrogen and oxygen atoms in total. The fourth-order valence-corrected chi connectivity index (χ4v) is 3.58. The van der Waals surface area contributed by atoms with Crippen molar-refractivity contribution in [1.82, 2.24) is 10.6 Å². The number of benzene rings is 1. The van der Waals surface area contributed by atoms with Crippen LogP contribution in [-0.2, 0) is 14.3 Å². The molecule has 0 aliphatic heterocycles. The van der Waals surface area contributed by atoms with Crippen molar-refractivity contribution < 1.29 is 14.3 Å². The number of esters is 1. The van der Waals surface area contributed by atoms with E-state index in [0.717, 1.165) is 31.2 Å². The zero-order valence-electron chi connectivity index (χ0n) is 16.4. The third-order valence-electron chi connectivity index (χ3n) is 4.82. The number of rotatable bonds is 6. The molecule has 1 amide bonds. The second-order valence-electron chi connectivity index (χ2n) is 8.15. The van der Waals surface area contributed by atoms with Gasteiger partial charge in [0, 0.05) is 5.54 Å². The Hall–Kier alpha value is -1.88. The fourth-order valence-electron chi connectivity index (χ4n) is 3.58. The Labute approximate surface area is 156 Å². The first-order valence-corrected chi connectivity index (χ1v) is 9.52. The minimum Gasteiger partial charge on any atom is -0.468 e. The molecule has 1 aromatic rings. The summed E-state index contributed by atoms with van der Waals surface area (Å²) >= 11 is 0. The normalized spacial score (nSPS) is 18.0. The molecule has 1 aliphatic rings. The molecule has 5 heteroatoms. The fraction of sp³-hybridized carbons (Fsp3) is 0.619. The van der Waals surface area contributed by atoms with Gasteiger partial charge in [0.1, 0.15) is 6.04 Å². The molecule has 2 atom stereocenters. The third kappa shape index (κ3) is 5.84. The van der Waals surface area contributed by atoms with Crippen LogP contribution < -0.4 is 10.6 Å². The first kappa shape index (κ1) is 20.4. The highest BCUT2D eigenvalue weighted by atomic mass is 16.5. The van der Waals surface area contributed by atoms with Crippen molar-refractivity contribution in [3.8, 4) is 0 Å². The molecule has 0 aromatic heterocycles. The molecule has 0 spiro atoms. The zero-order chi connectivity index (χ0) is 19.2. The van der Waals surface area contributed by atoms with E-state index in [1.807, 2.05) is 51.1 Å². The first-order valence-electron chi connectivity index (χ1n) is 9.52. The summed E-state index contributed by atoms with van der Waals surface area (Å²) in [6.07, 6.45) is 5.46. The second kappa shape index (κ2) is 9.17. The van der Waals surface area contributed by atoms with Gasteiger partial charge in [-0.3, -0.25) is 10.1 Å². The highest BCUT2D eigenvalue weighted by molar-refractivity contribution is 5.84. The largest absolute Gasteiger partial charge is 0.468 e. The highest BCUT2D eigenvalue weighted by Gasteiger charge is 2.35. The third-order valence-corrected chi connectivity index (χ3v) is 4.82. The van der Waals surface area contributed by atoms with Crippen LogP contribution in [-0.4, -0.2) is 30.6 Å². The summed E-state index contributed by atoms with van der Waals surface area (Å²) in [4.78, 5) is 25.4. The molecule has 144 valence electrons. The van der Waals surface area contributed by atoms with E-state index in [9.17, 15) is 9.59 Å². The molecule has 1 unspecified atom stereocenters. The van der Waals surface area contributed by atoms with Gasteiger partial charge in [0.25, 0.3) is 0 Å². The molecule has 1 saturated carbocycles. The number of hydrogen-bond acceptors (Lipinski definition) is 4. The van der Waals surface area contributed by atoms with E-state index >= 15 is 0 Å². The summed E-state index contributed by atoms with van der Waals surface area (Å²) in [6, 6.07) is 8.37. The first-order chi connectivity index (χ1) is 12.3. The quantitative estimate of drug-likeness (QED) is 0.764. The summed E-state index contributed by atoms with van der Waals surface area (Å²) in [5, 5.41) is 6.40. The van der Waals surface area contributed by atoms with Crippen molar-refractivity contribution >= 4 is 11.9 Å². The van der Waals surface area contributed by atoms with Crippen molar-refractivity contribution in [3.05, 3.63) is 35.9 Å². The molecule has 0 radical (unpaired) electrons. The van der Waals surface area contributed by atoms with Gasteiger partial charge >= 0.3 is 5.97 Å². The van der Waals surface area contributed by atoms with Crippen molar-refractivity contribution in [2.45, 2.75) is 70.5 Å². The second-order valence-corrected chi connectivity index (χ2v) is 8.15. The Kier molecular flexibility index (Phi) is 7.21. The lowest BCUT2D eigenvalue weighted by molar-refractivity contribution is -0.144. The van der Waals surface area contributed by atoms with E-state index in [2.05, 4.69) is 10.6 Å². The highest BCUT2D eigenvalue weighted by Crippen LogP contribution is 2.29. The molecule has 0 heterocycles. The number of hydrogen-bond donors (Lipinski definition) is 2. The maximum absolute atomic E-state index is 13.0. The molecule has 1 aliphatic carbocycles. The maximum atomic E-state index is 13.0. The van der Waals surface area contributed by atoms with E-state index in [-0.39, 0.29) is 23.3 Å². The van der Waals surface area contributed by atoms with E-state index < -0.39 is 12.1 Å². The van der Waals surface area contributed by atoms with Crippen molar-refractivity contribution in [2.75, 3.05) is 7.11 Å². The molecule has 1 aromatic carbocycles. The monoisotopic (exact) mass is 360 g/mol. The number of carbonyl (C=O) groups is 2. The molecule has 2 rings (SSSR count). The SMILES string of the molecule is COC(=O)[C@@H](NC(C(=O)NC(C)(C)C)C1CCCCC1)c1ccccc1. The summed E-state index contributed by atoms with van der Waals surface area (Å²) in [6.45, 7) is 5.91. The van der Waals surface area contributed by atoms with Crippen molar-refractivity contribution in [2.24, 2.45) is 5.92 Å². The summed E-state index contributed by atoms with van der Waals surface area (Å²) in [5.41, 5.74) is 0.489. The predicted molar refractivity (Wildman–Crippen MR) is 103 cm³/mol. The predicted octanol–water partition coefficient (Wildman–Crippen LogP) is 3.35. The van der Waals surface area contributed by atoms with Crippen LogP contribution in [0.4, 0.5) is 0 Å². The summed E-state index contributed by atoms with van der Waals surface area (Å²) in [7, 11) is 1.38. The standard InChI is InChI=1S/C21H32N2O3/c1-21(2,3)23-19(24)17(15-11-7-5-8-12-15)22-18(20(25)26-4)16-13-9-6-10-14-16/h6,9-10,13-15,17-18,22H,5,7-8,11-12H2,1-4H3,(H,23,24)/t17?,18-/m0/s1. The van der Waals surface area contributed by atoms with Crippen LogP contribution in [0.3, 0.4) is 0 Å². The Morgan fingerprint density at radius 1 is 1.08 bits per heavy atom. The average Bonchev–Trinajstić information content (AvgIpc) is 2.62. The van der Waals surface area contributed by atoms with E-state index in [4.69, 9.17) is 4.74 Å². The van der Waals surface area contributed by atoms with Crippen molar-refractivity contribution in [1.29, 1.82) is 0 Å². The van der Waals surface area contributed by atoms with Gasteiger partial charge in [-0.15, -0.1) is 0 Å². The molecule has 2 N–H and O–H groups in total. The zero-order valence-corrected chi connectivity index (χ0v) is 16.4.